The topological polar surface area (TPSA) is 71.5 Å². The molecule has 0 bridgehead atoms. The predicted molar refractivity (Wildman–Crippen MR) is 98.7 cm³/mol. The first-order valence-corrected chi connectivity index (χ1v) is 10.0. The largest absolute Gasteiger partial charge is 0.494 e. The van der Waals surface area contributed by atoms with Crippen LogP contribution in [0, 0.1) is 0 Å². The summed E-state index contributed by atoms with van der Waals surface area (Å²) >= 11 is 0. The fourth-order valence-electron chi connectivity index (χ4n) is 2.86. The van der Waals surface area contributed by atoms with Crippen LogP contribution in [0.4, 0.5) is 11.5 Å². The average molecular weight is 361 g/mol. The van der Waals surface area contributed by atoms with Gasteiger partial charge in [0, 0.05) is 13.1 Å². The molecule has 1 saturated heterocycles. The molecular formula is C18H23N3O3S. The van der Waals surface area contributed by atoms with Crippen molar-refractivity contribution in [3.05, 3.63) is 42.6 Å². The van der Waals surface area contributed by atoms with Gasteiger partial charge in [-0.25, -0.2) is 13.4 Å². The van der Waals surface area contributed by atoms with Gasteiger partial charge in [-0.3, -0.25) is 4.72 Å². The molecule has 7 heteroatoms. The Morgan fingerprint density at radius 1 is 1.08 bits per heavy atom. The normalized spacial score (nSPS) is 15.0. The molecule has 1 N–H and O–H groups in total. The summed E-state index contributed by atoms with van der Waals surface area (Å²) in [6.07, 6.45) is 5.36. The van der Waals surface area contributed by atoms with E-state index in [4.69, 9.17) is 4.74 Å². The Hall–Kier alpha value is -2.28. The molecule has 0 amide bonds. The highest BCUT2D eigenvalue weighted by molar-refractivity contribution is 7.92. The fourth-order valence-corrected chi connectivity index (χ4v) is 3.87. The summed E-state index contributed by atoms with van der Waals surface area (Å²) < 4.78 is 32.8. The lowest BCUT2D eigenvalue weighted by atomic mass is 10.1. The van der Waals surface area contributed by atoms with E-state index < -0.39 is 10.0 Å². The van der Waals surface area contributed by atoms with E-state index in [2.05, 4.69) is 14.6 Å². The second kappa shape index (κ2) is 7.74. The molecule has 0 atom stereocenters. The SMILES string of the molecule is CCOc1ccc(S(=O)(=O)Nc2ccc(N3CCCCC3)cn2)cc1. The number of pyridine rings is 1. The van der Waals surface area contributed by atoms with Crippen LogP contribution >= 0.6 is 0 Å². The lowest BCUT2D eigenvalue weighted by Crippen LogP contribution is -2.29. The molecular weight excluding hydrogens is 338 g/mol. The van der Waals surface area contributed by atoms with Crippen LogP contribution in [0.2, 0.25) is 0 Å². The Kier molecular flexibility index (Phi) is 5.43. The predicted octanol–water partition coefficient (Wildman–Crippen LogP) is 3.27. The first-order chi connectivity index (χ1) is 12.1. The number of piperidine rings is 1. The lowest BCUT2D eigenvalue weighted by molar-refractivity contribution is 0.340. The molecule has 1 fully saturated rings. The van der Waals surface area contributed by atoms with E-state index >= 15 is 0 Å². The molecule has 0 saturated carbocycles. The zero-order valence-electron chi connectivity index (χ0n) is 14.3. The van der Waals surface area contributed by atoms with Crippen LogP contribution in [0.5, 0.6) is 5.75 Å². The summed E-state index contributed by atoms with van der Waals surface area (Å²) in [7, 11) is -3.66. The quantitative estimate of drug-likeness (QED) is 0.855. The van der Waals surface area contributed by atoms with Crippen molar-refractivity contribution in [2.24, 2.45) is 0 Å². The Labute approximate surface area is 148 Å². The van der Waals surface area contributed by atoms with Gasteiger partial charge >= 0.3 is 0 Å². The molecule has 0 unspecified atom stereocenters. The summed E-state index contributed by atoms with van der Waals surface area (Å²) in [4.78, 5) is 6.71. The smallest absolute Gasteiger partial charge is 0.263 e. The van der Waals surface area contributed by atoms with Crippen LogP contribution in [0.3, 0.4) is 0 Å². The van der Waals surface area contributed by atoms with E-state index in [-0.39, 0.29) is 4.90 Å². The van der Waals surface area contributed by atoms with Crippen molar-refractivity contribution in [3.8, 4) is 5.75 Å². The van der Waals surface area contributed by atoms with Crippen LogP contribution in [0.15, 0.2) is 47.5 Å². The van der Waals surface area contributed by atoms with Crippen molar-refractivity contribution in [3.63, 3.8) is 0 Å². The van der Waals surface area contributed by atoms with Gasteiger partial charge in [-0.1, -0.05) is 0 Å². The van der Waals surface area contributed by atoms with Crippen LogP contribution in [-0.2, 0) is 10.0 Å². The number of hydrogen-bond donors (Lipinski definition) is 1. The molecule has 134 valence electrons. The Balaban J connectivity index is 1.69. The van der Waals surface area contributed by atoms with E-state index in [1.165, 1.54) is 31.4 Å². The van der Waals surface area contributed by atoms with Crippen LogP contribution in [0.1, 0.15) is 26.2 Å². The lowest BCUT2D eigenvalue weighted by Gasteiger charge is -2.28. The number of anilines is 2. The molecule has 0 aliphatic carbocycles. The summed E-state index contributed by atoms with van der Waals surface area (Å²) in [5.41, 5.74) is 1.03. The van der Waals surface area contributed by atoms with E-state index in [1.807, 2.05) is 13.0 Å². The van der Waals surface area contributed by atoms with Gasteiger partial charge in [0.2, 0.25) is 0 Å². The number of ether oxygens (including phenoxy) is 1. The number of hydrogen-bond acceptors (Lipinski definition) is 5. The summed E-state index contributed by atoms with van der Waals surface area (Å²) in [6.45, 7) is 4.47. The Bertz CT molecular complexity index is 783. The highest BCUT2D eigenvalue weighted by Gasteiger charge is 2.16. The van der Waals surface area contributed by atoms with E-state index in [9.17, 15) is 8.42 Å². The average Bonchev–Trinajstić information content (AvgIpc) is 2.63. The minimum absolute atomic E-state index is 0.179. The van der Waals surface area contributed by atoms with Crippen molar-refractivity contribution in [2.75, 3.05) is 29.3 Å². The van der Waals surface area contributed by atoms with Crippen molar-refractivity contribution >= 4 is 21.5 Å². The molecule has 1 aliphatic heterocycles. The van der Waals surface area contributed by atoms with E-state index in [0.717, 1.165) is 18.8 Å². The standard InChI is InChI=1S/C18H23N3O3S/c1-2-24-16-7-9-17(10-8-16)25(22,23)20-18-11-6-15(14-19-18)21-12-4-3-5-13-21/h6-11,14H,2-5,12-13H2,1H3,(H,19,20). The molecule has 1 aliphatic rings. The monoisotopic (exact) mass is 361 g/mol. The number of nitrogens with zero attached hydrogens (tertiary/aromatic N) is 2. The van der Waals surface area contributed by atoms with Gasteiger partial charge in [0.1, 0.15) is 11.6 Å². The number of aromatic nitrogens is 1. The number of sulfonamides is 1. The summed E-state index contributed by atoms with van der Waals surface area (Å²) in [6, 6.07) is 9.95. The molecule has 2 aromatic rings. The molecule has 3 rings (SSSR count). The van der Waals surface area contributed by atoms with E-state index in [0.29, 0.717) is 18.2 Å². The van der Waals surface area contributed by atoms with Gasteiger partial charge in [-0.05, 0) is 62.6 Å². The van der Waals surface area contributed by atoms with Crippen molar-refractivity contribution in [1.29, 1.82) is 0 Å². The van der Waals surface area contributed by atoms with Gasteiger partial charge in [0.15, 0.2) is 0 Å². The van der Waals surface area contributed by atoms with Crippen molar-refractivity contribution in [1.82, 2.24) is 4.98 Å². The second-order valence-corrected chi connectivity index (χ2v) is 7.64. The van der Waals surface area contributed by atoms with Gasteiger partial charge in [0.25, 0.3) is 10.0 Å². The third-order valence-corrected chi connectivity index (χ3v) is 5.52. The van der Waals surface area contributed by atoms with Gasteiger partial charge in [-0.15, -0.1) is 0 Å². The van der Waals surface area contributed by atoms with Gasteiger partial charge < -0.3 is 9.64 Å². The zero-order chi connectivity index (χ0) is 17.7. The summed E-state index contributed by atoms with van der Waals surface area (Å²) in [5, 5.41) is 0. The van der Waals surface area contributed by atoms with Crippen LogP contribution in [-0.4, -0.2) is 33.1 Å². The molecule has 1 aromatic carbocycles. The molecule has 25 heavy (non-hydrogen) atoms. The Morgan fingerprint density at radius 2 is 1.80 bits per heavy atom. The minimum atomic E-state index is -3.66. The first-order valence-electron chi connectivity index (χ1n) is 8.55. The maximum Gasteiger partial charge on any atom is 0.263 e. The molecule has 6 nitrogen and oxygen atoms in total. The Morgan fingerprint density at radius 3 is 2.40 bits per heavy atom. The third-order valence-electron chi connectivity index (χ3n) is 4.15. The van der Waals surface area contributed by atoms with Crippen LogP contribution < -0.4 is 14.4 Å². The number of nitrogens with one attached hydrogen (secondary N) is 1. The highest BCUT2D eigenvalue weighted by Crippen LogP contribution is 2.22. The van der Waals surface area contributed by atoms with Gasteiger partial charge in [0.05, 0.1) is 23.4 Å². The molecule has 1 aromatic heterocycles. The first kappa shape index (κ1) is 17.5. The van der Waals surface area contributed by atoms with Crippen LogP contribution in [0.25, 0.3) is 0 Å². The molecule has 0 spiro atoms. The maximum atomic E-state index is 12.5. The second-order valence-electron chi connectivity index (χ2n) is 5.96. The summed E-state index contributed by atoms with van der Waals surface area (Å²) in [5.74, 6) is 0.958. The minimum Gasteiger partial charge on any atom is -0.494 e. The van der Waals surface area contributed by atoms with Crippen molar-refractivity contribution in [2.45, 2.75) is 31.1 Å². The number of rotatable bonds is 6. The van der Waals surface area contributed by atoms with E-state index in [1.54, 1.807) is 24.4 Å². The van der Waals surface area contributed by atoms with Gasteiger partial charge in [-0.2, -0.15) is 0 Å². The highest BCUT2D eigenvalue weighted by atomic mass is 32.2. The number of benzene rings is 1. The molecule has 0 radical (unpaired) electrons. The third kappa shape index (κ3) is 4.42. The van der Waals surface area contributed by atoms with Crippen molar-refractivity contribution < 1.29 is 13.2 Å². The fraction of sp³-hybridized carbons (Fsp3) is 0.389. The maximum absolute atomic E-state index is 12.5. The zero-order valence-corrected chi connectivity index (χ0v) is 15.1. The molecule has 2 heterocycles.